The number of aromatic nitrogens is 1. The van der Waals surface area contributed by atoms with Crippen LogP contribution in [0.15, 0.2) is 30.5 Å². The van der Waals surface area contributed by atoms with Gasteiger partial charge in [-0.15, -0.1) is 0 Å². The minimum absolute atomic E-state index is 0.315. The van der Waals surface area contributed by atoms with Gasteiger partial charge in [0.2, 0.25) is 0 Å². The molecule has 0 aliphatic heterocycles. The number of hydrogen-bond donors (Lipinski definition) is 0. The molecule has 2 nitrogen and oxygen atoms in total. The fourth-order valence-electron chi connectivity index (χ4n) is 1.16. The normalized spacial score (nSPS) is 9.85. The summed E-state index contributed by atoms with van der Waals surface area (Å²) in [5, 5.41) is 9.23. The molecule has 1 aromatic heterocycles. The summed E-state index contributed by atoms with van der Waals surface area (Å²) < 4.78 is 12.8. The van der Waals surface area contributed by atoms with E-state index in [-0.39, 0.29) is 5.82 Å². The van der Waals surface area contributed by atoms with Crippen LogP contribution in [0.25, 0.3) is 10.9 Å². The number of halogens is 1. The molecule has 1 aromatic carbocycles. The number of nitriles is 1. The van der Waals surface area contributed by atoms with Gasteiger partial charge in [-0.2, -0.15) is 5.26 Å². The number of pyridine rings is 1. The highest BCUT2D eigenvalue weighted by Gasteiger charge is 1.98. The Kier molecular flexibility index (Phi) is 1.67. The molecule has 0 bridgehead atoms. The summed E-state index contributed by atoms with van der Waals surface area (Å²) in [4.78, 5) is 4.00. The highest BCUT2D eigenvalue weighted by Crippen LogP contribution is 2.13. The van der Waals surface area contributed by atoms with Crippen molar-refractivity contribution in [3.05, 3.63) is 41.8 Å². The van der Waals surface area contributed by atoms with Gasteiger partial charge in [-0.3, -0.25) is 4.98 Å². The van der Waals surface area contributed by atoms with Crippen molar-refractivity contribution >= 4 is 10.9 Å². The van der Waals surface area contributed by atoms with Crippen molar-refractivity contribution in [3.63, 3.8) is 0 Å². The zero-order valence-corrected chi connectivity index (χ0v) is 6.66. The summed E-state index contributed by atoms with van der Waals surface area (Å²) in [6.45, 7) is 0. The van der Waals surface area contributed by atoms with Crippen molar-refractivity contribution in [3.8, 4) is 6.07 Å². The standard InChI is InChI=1S/C10H5FN2/c11-9-1-2-10-8(4-9)3-7(5-12)6-13-10/h1-4,6H. The Hall–Kier alpha value is -1.95. The van der Waals surface area contributed by atoms with Crippen molar-refractivity contribution in [2.24, 2.45) is 0 Å². The first kappa shape index (κ1) is 7.69. The van der Waals surface area contributed by atoms with Crippen molar-refractivity contribution in [2.45, 2.75) is 0 Å². The Bertz CT molecular complexity index is 500. The van der Waals surface area contributed by atoms with Gasteiger partial charge in [0.25, 0.3) is 0 Å². The third-order valence-corrected chi connectivity index (χ3v) is 1.77. The van der Waals surface area contributed by atoms with Gasteiger partial charge in [0.15, 0.2) is 0 Å². The molecule has 0 saturated carbocycles. The van der Waals surface area contributed by atoms with Gasteiger partial charge < -0.3 is 0 Å². The maximum atomic E-state index is 12.8. The van der Waals surface area contributed by atoms with E-state index in [4.69, 9.17) is 5.26 Å². The predicted molar refractivity (Wildman–Crippen MR) is 46.4 cm³/mol. The van der Waals surface area contributed by atoms with Gasteiger partial charge in [0, 0.05) is 11.6 Å². The van der Waals surface area contributed by atoms with E-state index in [0.717, 1.165) is 0 Å². The van der Waals surface area contributed by atoms with Crippen molar-refractivity contribution in [2.75, 3.05) is 0 Å². The molecule has 0 N–H and O–H groups in total. The van der Waals surface area contributed by atoms with E-state index in [1.54, 1.807) is 12.1 Å². The Morgan fingerprint density at radius 3 is 2.92 bits per heavy atom. The van der Waals surface area contributed by atoms with E-state index in [2.05, 4.69) is 4.98 Å². The Balaban J connectivity index is 2.77. The van der Waals surface area contributed by atoms with Crippen LogP contribution in [0.5, 0.6) is 0 Å². The molecule has 62 valence electrons. The van der Waals surface area contributed by atoms with Crippen LogP contribution >= 0.6 is 0 Å². The third-order valence-electron chi connectivity index (χ3n) is 1.77. The lowest BCUT2D eigenvalue weighted by Gasteiger charge is -1.96. The maximum absolute atomic E-state index is 12.8. The van der Waals surface area contributed by atoms with E-state index < -0.39 is 0 Å². The lowest BCUT2D eigenvalue weighted by molar-refractivity contribution is 0.629. The molecule has 3 heteroatoms. The SMILES string of the molecule is N#Cc1cnc2ccc(F)cc2c1. The van der Waals surface area contributed by atoms with Crippen LogP contribution in [0.1, 0.15) is 5.56 Å². The third kappa shape index (κ3) is 1.34. The minimum atomic E-state index is -0.315. The van der Waals surface area contributed by atoms with Gasteiger partial charge in [0.05, 0.1) is 11.1 Å². The monoisotopic (exact) mass is 172 g/mol. The first-order valence-corrected chi connectivity index (χ1v) is 3.75. The van der Waals surface area contributed by atoms with Gasteiger partial charge >= 0.3 is 0 Å². The second kappa shape index (κ2) is 2.83. The summed E-state index contributed by atoms with van der Waals surface area (Å²) in [6, 6.07) is 7.87. The fraction of sp³-hybridized carbons (Fsp3) is 0. The summed E-state index contributed by atoms with van der Waals surface area (Å²) in [5.74, 6) is -0.315. The molecule has 2 aromatic rings. The zero-order valence-electron chi connectivity index (χ0n) is 6.66. The lowest BCUT2D eigenvalue weighted by Crippen LogP contribution is -1.82. The largest absolute Gasteiger partial charge is 0.255 e. The highest BCUT2D eigenvalue weighted by atomic mass is 19.1. The van der Waals surface area contributed by atoms with Gasteiger partial charge in [0.1, 0.15) is 11.9 Å². The molecule has 0 saturated heterocycles. The predicted octanol–water partition coefficient (Wildman–Crippen LogP) is 2.25. The molecular formula is C10H5FN2. The number of hydrogen-bond acceptors (Lipinski definition) is 2. The van der Waals surface area contributed by atoms with Crippen molar-refractivity contribution in [1.29, 1.82) is 5.26 Å². The summed E-state index contributed by atoms with van der Waals surface area (Å²) in [7, 11) is 0. The van der Waals surface area contributed by atoms with Crippen LogP contribution in [0.2, 0.25) is 0 Å². The molecule has 0 aliphatic carbocycles. The molecule has 1 heterocycles. The molecule has 0 amide bonds. The lowest BCUT2D eigenvalue weighted by atomic mass is 10.2. The average molecular weight is 172 g/mol. The van der Waals surface area contributed by atoms with E-state index in [1.807, 2.05) is 6.07 Å². The maximum Gasteiger partial charge on any atom is 0.123 e. The molecule has 0 fully saturated rings. The van der Waals surface area contributed by atoms with E-state index in [9.17, 15) is 4.39 Å². The van der Waals surface area contributed by atoms with E-state index >= 15 is 0 Å². The molecule has 0 atom stereocenters. The number of benzene rings is 1. The quantitative estimate of drug-likeness (QED) is 0.611. The fourth-order valence-corrected chi connectivity index (χ4v) is 1.16. The molecule has 0 unspecified atom stereocenters. The molecule has 13 heavy (non-hydrogen) atoms. The van der Waals surface area contributed by atoms with Gasteiger partial charge in [-0.1, -0.05) is 0 Å². The first-order valence-electron chi connectivity index (χ1n) is 3.75. The van der Waals surface area contributed by atoms with Crippen molar-refractivity contribution in [1.82, 2.24) is 4.98 Å². The van der Waals surface area contributed by atoms with Crippen LogP contribution in [0.4, 0.5) is 4.39 Å². The van der Waals surface area contributed by atoms with Crippen LogP contribution in [-0.4, -0.2) is 4.98 Å². The molecular weight excluding hydrogens is 167 g/mol. The second-order valence-electron chi connectivity index (χ2n) is 2.67. The second-order valence-corrected chi connectivity index (χ2v) is 2.67. The topological polar surface area (TPSA) is 36.7 Å². The van der Waals surface area contributed by atoms with Crippen LogP contribution in [0, 0.1) is 17.1 Å². The first-order chi connectivity index (χ1) is 6.29. The summed E-state index contributed by atoms with van der Waals surface area (Å²) >= 11 is 0. The van der Waals surface area contributed by atoms with Crippen LogP contribution < -0.4 is 0 Å². The summed E-state index contributed by atoms with van der Waals surface area (Å²) in [6.07, 6.45) is 1.47. The highest BCUT2D eigenvalue weighted by molar-refractivity contribution is 5.79. The average Bonchev–Trinajstić information content (AvgIpc) is 2.16. The zero-order chi connectivity index (χ0) is 9.26. The molecule has 0 radical (unpaired) electrons. The van der Waals surface area contributed by atoms with Crippen molar-refractivity contribution < 1.29 is 4.39 Å². The number of fused-ring (bicyclic) bond motifs is 1. The van der Waals surface area contributed by atoms with Gasteiger partial charge in [-0.25, -0.2) is 4.39 Å². The van der Waals surface area contributed by atoms with Crippen LogP contribution in [-0.2, 0) is 0 Å². The Morgan fingerprint density at radius 1 is 1.31 bits per heavy atom. The van der Waals surface area contributed by atoms with E-state index in [1.165, 1.54) is 18.3 Å². The smallest absolute Gasteiger partial charge is 0.123 e. The minimum Gasteiger partial charge on any atom is -0.255 e. The number of nitrogens with zero attached hydrogens (tertiary/aromatic N) is 2. The molecule has 0 aliphatic rings. The van der Waals surface area contributed by atoms with Gasteiger partial charge in [-0.05, 0) is 24.3 Å². The summed E-state index contributed by atoms with van der Waals surface area (Å²) in [5.41, 5.74) is 1.14. The van der Waals surface area contributed by atoms with E-state index in [0.29, 0.717) is 16.5 Å². The Labute approximate surface area is 74.3 Å². The molecule has 0 spiro atoms. The number of rotatable bonds is 0. The molecule has 2 rings (SSSR count). The Morgan fingerprint density at radius 2 is 2.15 bits per heavy atom. The van der Waals surface area contributed by atoms with Crippen LogP contribution in [0.3, 0.4) is 0 Å².